The second kappa shape index (κ2) is 9.93. The van der Waals surface area contributed by atoms with E-state index in [4.69, 9.17) is 11.0 Å². The molecule has 0 atom stereocenters. The van der Waals surface area contributed by atoms with E-state index in [-0.39, 0.29) is 12.3 Å². The van der Waals surface area contributed by atoms with E-state index in [9.17, 15) is 9.50 Å². The van der Waals surface area contributed by atoms with Gasteiger partial charge in [0.05, 0.1) is 6.20 Å². The molecule has 0 bridgehead atoms. The van der Waals surface area contributed by atoms with Gasteiger partial charge in [-0.25, -0.2) is 9.65 Å². The molecule has 0 aliphatic heterocycles. The highest BCUT2D eigenvalue weighted by Crippen LogP contribution is 2.30. The van der Waals surface area contributed by atoms with Crippen LogP contribution in [-0.4, -0.2) is 16.8 Å². The average Bonchev–Trinajstić information content (AvgIpc) is 2.69. The maximum absolute atomic E-state index is 13.5. The zero-order chi connectivity index (χ0) is 18.9. The van der Waals surface area contributed by atoms with Crippen LogP contribution in [0.1, 0.15) is 37.7 Å². The van der Waals surface area contributed by atoms with Crippen molar-refractivity contribution in [2.24, 2.45) is 5.73 Å². The first-order chi connectivity index (χ1) is 12.6. The van der Waals surface area contributed by atoms with Gasteiger partial charge >= 0.3 is 0 Å². The minimum atomic E-state index is -0.392. The van der Waals surface area contributed by atoms with Crippen molar-refractivity contribution in [2.45, 2.75) is 51.3 Å². The molecule has 1 aromatic heterocycles. The van der Waals surface area contributed by atoms with Crippen LogP contribution in [0, 0.1) is 17.0 Å². The first-order valence-corrected chi connectivity index (χ1v) is 9.08. The smallest absolute Gasteiger partial charge is 0.267 e. The molecule has 3 N–H and O–H groups in total. The van der Waals surface area contributed by atoms with Gasteiger partial charge in [0.25, 0.3) is 6.71 Å². The predicted molar refractivity (Wildman–Crippen MR) is 103 cm³/mol. The van der Waals surface area contributed by atoms with Gasteiger partial charge < -0.3 is 10.8 Å². The molecule has 26 heavy (non-hydrogen) atoms. The largest absolute Gasteiger partial charge is 0.508 e. The van der Waals surface area contributed by atoms with E-state index in [1.54, 1.807) is 18.2 Å². The number of nitriles is 1. The number of aromatic hydroxyl groups is 1. The molecule has 0 radical (unpaired) electrons. The molecule has 0 unspecified atom stereocenters. The molecule has 1 aliphatic rings. The van der Waals surface area contributed by atoms with Crippen LogP contribution in [-0.2, 0) is 6.54 Å². The Labute approximate surface area is 155 Å². The molecule has 0 spiro atoms. The normalized spacial score (nSPS) is 14.1. The summed E-state index contributed by atoms with van der Waals surface area (Å²) in [6, 6.07) is 6.42. The molecule has 0 amide bonds. The van der Waals surface area contributed by atoms with Gasteiger partial charge in [-0.2, -0.15) is 0 Å². The summed E-state index contributed by atoms with van der Waals surface area (Å²) in [5, 5.41) is 18.1. The summed E-state index contributed by atoms with van der Waals surface area (Å²) in [5.74, 6) is 2.78. The first kappa shape index (κ1) is 19.9. The zero-order valence-corrected chi connectivity index (χ0v) is 15.2. The Hall–Kier alpha value is -2.39. The lowest BCUT2D eigenvalue weighted by Gasteiger charge is -2.21. The van der Waals surface area contributed by atoms with Crippen LogP contribution in [0.3, 0.4) is 0 Å². The molecule has 4 nitrogen and oxygen atoms in total. The number of hydrogen-bond donors (Lipinski definition) is 2. The van der Waals surface area contributed by atoms with Gasteiger partial charge in [0.15, 0.2) is 0 Å². The number of rotatable bonds is 3. The lowest BCUT2D eigenvalue weighted by Crippen LogP contribution is -2.17. The van der Waals surface area contributed by atoms with E-state index >= 15 is 0 Å². The Morgan fingerprint density at radius 1 is 1.31 bits per heavy atom. The van der Waals surface area contributed by atoms with Gasteiger partial charge in [-0.05, 0) is 29.6 Å². The average molecular weight is 353 g/mol. The summed E-state index contributed by atoms with van der Waals surface area (Å²) in [7, 11) is 0. The van der Waals surface area contributed by atoms with Crippen LogP contribution in [0.25, 0.3) is 11.1 Å². The van der Waals surface area contributed by atoms with E-state index < -0.39 is 5.82 Å². The number of halogens is 1. The van der Waals surface area contributed by atoms with Gasteiger partial charge in [-0.3, -0.25) is 4.98 Å². The van der Waals surface area contributed by atoms with Crippen LogP contribution in [0.5, 0.6) is 5.75 Å². The van der Waals surface area contributed by atoms with Gasteiger partial charge in [0.1, 0.15) is 11.6 Å². The van der Waals surface area contributed by atoms with Crippen molar-refractivity contribution in [1.29, 1.82) is 5.26 Å². The van der Waals surface area contributed by atoms with Gasteiger partial charge in [-0.1, -0.05) is 45.0 Å². The lowest BCUT2D eigenvalue weighted by atomic mass is 9.41. The van der Waals surface area contributed by atoms with Gasteiger partial charge in [-0.15, -0.1) is 0 Å². The third kappa shape index (κ3) is 5.30. The van der Waals surface area contributed by atoms with E-state index in [2.05, 4.69) is 17.8 Å². The van der Waals surface area contributed by atoms with Gasteiger partial charge in [0, 0.05) is 29.8 Å². The number of phenols is 1. The van der Waals surface area contributed by atoms with Crippen molar-refractivity contribution in [3.63, 3.8) is 0 Å². The highest BCUT2D eigenvalue weighted by atomic mass is 19.1. The molecule has 0 saturated heterocycles. The van der Waals surface area contributed by atoms with E-state index in [1.807, 2.05) is 0 Å². The van der Waals surface area contributed by atoms with Crippen LogP contribution in [0.2, 0.25) is 12.6 Å². The SMILES string of the molecule is CB(C#N)C1CCCCC1.NCc1cc(-c2ccncc2F)ccc1O. The van der Waals surface area contributed by atoms with Crippen molar-refractivity contribution < 1.29 is 9.50 Å². The van der Waals surface area contributed by atoms with Crippen molar-refractivity contribution in [3.05, 3.63) is 48.0 Å². The van der Waals surface area contributed by atoms with Crippen LogP contribution >= 0.6 is 0 Å². The van der Waals surface area contributed by atoms with Crippen LogP contribution in [0.15, 0.2) is 36.7 Å². The van der Waals surface area contributed by atoms with E-state index in [0.717, 1.165) is 6.20 Å². The number of phenolic OH excluding ortho intramolecular Hbond substituents is 1. The minimum Gasteiger partial charge on any atom is -0.508 e. The number of nitrogens with two attached hydrogens (primary N) is 1. The summed E-state index contributed by atoms with van der Waals surface area (Å²) in [6.07, 6.45) is 9.32. The third-order valence-electron chi connectivity index (χ3n) is 4.94. The molecule has 1 fully saturated rings. The number of benzene rings is 1. The minimum absolute atomic E-state index is 0.126. The molecule has 2 aromatic rings. The Kier molecular flexibility index (Phi) is 7.62. The summed E-state index contributed by atoms with van der Waals surface area (Å²) < 4.78 is 13.5. The molecule has 1 saturated carbocycles. The summed E-state index contributed by atoms with van der Waals surface area (Å²) in [4.78, 5) is 3.68. The Morgan fingerprint density at radius 2 is 2.04 bits per heavy atom. The lowest BCUT2D eigenvalue weighted by molar-refractivity contribution is 0.468. The molecule has 1 heterocycles. The van der Waals surface area contributed by atoms with Crippen LogP contribution < -0.4 is 5.73 Å². The number of aromatic nitrogens is 1. The summed E-state index contributed by atoms with van der Waals surface area (Å²) >= 11 is 0. The number of pyridine rings is 1. The monoisotopic (exact) mass is 353 g/mol. The summed E-state index contributed by atoms with van der Waals surface area (Å²) in [6.45, 7) is 2.56. The Morgan fingerprint density at radius 3 is 2.65 bits per heavy atom. The van der Waals surface area contributed by atoms with Crippen molar-refractivity contribution in [1.82, 2.24) is 4.98 Å². The summed E-state index contributed by atoms with van der Waals surface area (Å²) in [5.41, 5.74) is 7.19. The highest BCUT2D eigenvalue weighted by molar-refractivity contribution is 6.67. The highest BCUT2D eigenvalue weighted by Gasteiger charge is 2.22. The number of nitrogens with zero attached hydrogens (tertiary/aromatic N) is 2. The standard InChI is InChI=1S/C12H11FN2O.C8H14BN/c13-11-7-15-4-3-10(11)8-1-2-12(16)9(5-8)6-14;1-9(7-10)8-5-3-2-4-6-8/h1-5,7,16H,6,14H2;8H,2-6H2,1H3. The Balaban J connectivity index is 0.000000209. The maximum Gasteiger partial charge on any atom is 0.267 e. The number of hydrogen-bond acceptors (Lipinski definition) is 4. The van der Waals surface area contributed by atoms with Crippen molar-refractivity contribution in [3.8, 4) is 22.8 Å². The molecule has 1 aliphatic carbocycles. The zero-order valence-electron chi connectivity index (χ0n) is 15.2. The van der Waals surface area contributed by atoms with Crippen molar-refractivity contribution in [2.75, 3.05) is 0 Å². The quantitative estimate of drug-likeness (QED) is 0.793. The Bertz CT molecular complexity index is 757. The second-order valence-electron chi connectivity index (χ2n) is 6.72. The molecule has 1 aromatic carbocycles. The first-order valence-electron chi connectivity index (χ1n) is 9.08. The molecular formula is C20H25BFN3O. The fourth-order valence-corrected chi connectivity index (χ4v) is 3.27. The van der Waals surface area contributed by atoms with E-state index in [1.165, 1.54) is 44.4 Å². The predicted octanol–water partition coefficient (Wildman–Crippen LogP) is 4.56. The molecule has 136 valence electrons. The maximum atomic E-state index is 13.5. The topological polar surface area (TPSA) is 82.9 Å². The van der Waals surface area contributed by atoms with Gasteiger partial charge in [0.2, 0.25) is 0 Å². The van der Waals surface area contributed by atoms with E-state index in [0.29, 0.717) is 29.2 Å². The molecular weight excluding hydrogens is 328 g/mol. The van der Waals surface area contributed by atoms with Crippen LogP contribution in [0.4, 0.5) is 4.39 Å². The fraction of sp³-hybridized carbons (Fsp3) is 0.400. The third-order valence-corrected chi connectivity index (χ3v) is 4.94. The van der Waals surface area contributed by atoms with Crippen molar-refractivity contribution >= 4 is 6.71 Å². The molecule has 6 heteroatoms. The molecule has 3 rings (SSSR count). The fourth-order valence-electron chi connectivity index (χ4n) is 3.27. The second-order valence-corrected chi connectivity index (χ2v) is 6.72.